The number of aliphatic hydroxyl groups is 1. The molecule has 5 unspecified atom stereocenters. The fraction of sp³-hybridized carbons (Fsp3) is 0.867. The number of allylic oxidation sites excluding steroid dienone is 1. The predicted octanol–water partition coefficient (Wildman–Crippen LogP) is 3.63. The van der Waals surface area contributed by atoms with Crippen LogP contribution in [0.25, 0.3) is 0 Å². The summed E-state index contributed by atoms with van der Waals surface area (Å²) in [5.74, 6) is 3.76. The lowest BCUT2D eigenvalue weighted by atomic mass is 9.79. The molecule has 0 aliphatic heterocycles. The third-order valence-corrected chi connectivity index (χ3v) is 5.17. The van der Waals surface area contributed by atoms with Gasteiger partial charge in [-0.25, -0.2) is 0 Å². The fourth-order valence-corrected chi connectivity index (χ4v) is 4.06. The molecule has 0 aromatic rings. The van der Waals surface area contributed by atoms with Gasteiger partial charge in [-0.1, -0.05) is 31.9 Å². The van der Waals surface area contributed by atoms with Gasteiger partial charge < -0.3 is 5.11 Å². The lowest BCUT2D eigenvalue weighted by Crippen LogP contribution is -2.23. The summed E-state index contributed by atoms with van der Waals surface area (Å²) < 4.78 is 0. The van der Waals surface area contributed by atoms with Crippen molar-refractivity contribution >= 4 is 0 Å². The van der Waals surface area contributed by atoms with E-state index in [2.05, 4.69) is 20.4 Å². The molecule has 2 fully saturated rings. The second-order valence-electron chi connectivity index (χ2n) is 6.19. The van der Waals surface area contributed by atoms with Crippen molar-refractivity contribution in [2.75, 3.05) is 6.61 Å². The molecule has 1 heteroatoms. The Bertz CT molecular complexity index is 258. The quantitative estimate of drug-likeness (QED) is 0.707. The molecule has 2 aliphatic rings. The Kier molecular flexibility index (Phi) is 3.73. The van der Waals surface area contributed by atoms with Gasteiger partial charge in [0, 0.05) is 6.61 Å². The molecule has 0 amide bonds. The number of fused-ring (bicyclic) bond motifs is 1. The Morgan fingerprint density at radius 1 is 1.25 bits per heavy atom. The van der Waals surface area contributed by atoms with E-state index in [-0.39, 0.29) is 0 Å². The lowest BCUT2D eigenvalue weighted by Gasteiger charge is -2.27. The van der Waals surface area contributed by atoms with Crippen molar-refractivity contribution in [3.63, 3.8) is 0 Å². The van der Waals surface area contributed by atoms with Gasteiger partial charge in [0.2, 0.25) is 0 Å². The van der Waals surface area contributed by atoms with Gasteiger partial charge in [-0.05, 0) is 55.8 Å². The van der Waals surface area contributed by atoms with E-state index in [1.165, 1.54) is 37.7 Å². The molecule has 0 radical (unpaired) electrons. The molecule has 5 atom stereocenters. The van der Waals surface area contributed by atoms with E-state index in [1.54, 1.807) is 0 Å². The molecule has 92 valence electrons. The molecule has 0 saturated heterocycles. The highest BCUT2D eigenvalue weighted by Crippen LogP contribution is 2.50. The summed E-state index contributed by atoms with van der Waals surface area (Å²) in [5, 5.41) is 9.55. The second-order valence-corrected chi connectivity index (χ2v) is 6.19. The van der Waals surface area contributed by atoms with Crippen LogP contribution in [0.2, 0.25) is 0 Å². The first-order valence-corrected chi connectivity index (χ1v) is 6.89. The van der Waals surface area contributed by atoms with Crippen LogP contribution in [0.3, 0.4) is 0 Å². The van der Waals surface area contributed by atoms with E-state index < -0.39 is 0 Å². The molecular weight excluding hydrogens is 196 g/mol. The minimum Gasteiger partial charge on any atom is -0.396 e. The van der Waals surface area contributed by atoms with Crippen molar-refractivity contribution in [1.29, 1.82) is 0 Å². The van der Waals surface area contributed by atoms with Gasteiger partial charge in [-0.2, -0.15) is 0 Å². The average Bonchev–Trinajstić information content (AvgIpc) is 2.63. The summed E-state index contributed by atoms with van der Waals surface area (Å²) >= 11 is 0. The summed E-state index contributed by atoms with van der Waals surface area (Å²) in [6, 6.07) is 0. The molecule has 16 heavy (non-hydrogen) atoms. The zero-order valence-electron chi connectivity index (χ0n) is 10.8. The van der Waals surface area contributed by atoms with Crippen LogP contribution in [0, 0.1) is 29.6 Å². The Hall–Kier alpha value is -0.300. The van der Waals surface area contributed by atoms with Gasteiger partial charge in [0.1, 0.15) is 0 Å². The number of hydrogen-bond acceptors (Lipinski definition) is 1. The van der Waals surface area contributed by atoms with Gasteiger partial charge in [0.05, 0.1) is 0 Å². The minimum absolute atomic E-state index is 0.400. The molecule has 0 aromatic carbocycles. The monoisotopic (exact) mass is 222 g/mol. The maximum absolute atomic E-state index is 9.55. The van der Waals surface area contributed by atoms with Crippen molar-refractivity contribution in [2.24, 2.45) is 29.6 Å². The molecule has 0 spiro atoms. The van der Waals surface area contributed by atoms with Crippen LogP contribution in [0.15, 0.2) is 12.2 Å². The predicted molar refractivity (Wildman–Crippen MR) is 68.1 cm³/mol. The molecule has 2 aliphatic carbocycles. The third-order valence-electron chi connectivity index (χ3n) is 5.17. The van der Waals surface area contributed by atoms with Crippen molar-refractivity contribution in [3.05, 3.63) is 12.2 Å². The third kappa shape index (κ3) is 2.20. The second kappa shape index (κ2) is 4.91. The van der Waals surface area contributed by atoms with E-state index in [0.717, 1.165) is 23.7 Å². The number of rotatable bonds is 2. The topological polar surface area (TPSA) is 20.2 Å². The Labute approximate surface area is 99.9 Å². The van der Waals surface area contributed by atoms with Crippen LogP contribution in [0.1, 0.15) is 46.0 Å². The summed E-state index contributed by atoms with van der Waals surface area (Å²) in [4.78, 5) is 0. The Morgan fingerprint density at radius 2 is 1.94 bits per heavy atom. The van der Waals surface area contributed by atoms with Crippen molar-refractivity contribution < 1.29 is 5.11 Å². The van der Waals surface area contributed by atoms with E-state index in [0.29, 0.717) is 12.5 Å². The molecule has 2 saturated carbocycles. The maximum atomic E-state index is 9.55. The highest BCUT2D eigenvalue weighted by atomic mass is 16.3. The highest BCUT2D eigenvalue weighted by Gasteiger charge is 2.42. The summed E-state index contributed by atoms with van der Waals surface area (Å²) in [7, 11) is 0. The van der Waals surface area contributed by atoms with Gasteiger partial charge in [-0.15, -0.1) is 0 Å². The molecule has 1 N–H and O–H groups in total. The largest absolute Gasteiger partial charge is 0.396 e. The fourth-order valence-electron chi connectivity index (χ4n) is 4.06. The molecule has 0 aromatic heterocycles. The van der Waals surface area contributed by atoms with E-state index >= 15 is 0 Å². The van der Waals surface area contributed by atoms with Gasteiger partial charge in [-0.3, -0.25) is 0 Å². The molecule has 0 heterocycles. The Balaban J connectivity index is 2.13. The van der Waals surface area contributed by atoms with Gasteiger partial charge >= 0.3 is 0 Å². The van der Waals surface area contributed by atoms with Crippen LogP contribution >= 0.6 is 0 Å². The molecular formula is C15H26O. The van der Waals surface area contributed by atoms with Gasteiger partial charge in [0.15, 0.2) is 0 Å². The van der Waals surface area contributed by atoms with Crippen molar-refractivity contribution in [3.8, 4) is 0 Å². The zero-order chi connectivity index (χ0) is 11.7. The highest BCUT2D eigenvalue weighted by molar-refractivity contribution is 5.04. The molecule has 2 rings (SSSR count). The normalized spacial score (nSPS) is 43.8. The Morgan fingerprint density at radius 3 is 2.56 bits per heavy atom. The van der Waals surface area contributed by atoms with Crippen molar-refractivity contribution in [1.82, 2.24) is 0 Å². The standard InChI is InChI=1S/C15H26O/c1-10(2)13-7-14-11(3)5-4-6-12(9-16)15(14)8-13/h11-16H,1,4-9H2,2-3H3. The lowest BCUT2D eigenvalue weighted by molar-refractivity contribution is 0.139. The SMILES string of the molecule is C=C(C)C1CC2C(C)CCCC(CO)C2C1. The van der Waals surface area contributed by atoms with E-state index in [4.69, 9.17) is 0 Å². The van der Waals surface area contributed by atoms with Crippen LogP contribution in [0.5, 0.6) is 0 Å². The first kappa shape index (κ1) is 12.2. The van der Waals surface area contributed by atoms with Crippen LogP contribution in [0.4, 0.5) is 0 Å². The van der Waals surface area contributed by atoms with Crippen LogP contribution < -0.4 is 0 Å². The zero-order valence-corrected chi connectivity index (χ0v) is 10.8. The number of hydrogen-bond donors (Lipinski definition) is 1. The smallest absolute Gasteiger partial charge is 0.0462 e. The molecule has 1 nitrogen and oxygen atoms in total. The first-order chi connectivity index (χ1) is 7.63. The summed E-state index contributed by atoms with van der Waals surface area (Å²) in [6.07, 6.45) is 6.54. The maximum Gasteiger partial charge on any atom is 0.0462 e. The molecule has 0 bridgehead atoms. The van der Waals surface area contributed by atoms with Gasteiger partial charge in [0.25, 0.3) is 0 Å². The van der Waals surface area contributed by atoms with E-state index in [1.807, 2.05) is 0 Å². The van der Waals surface area contributed by atoms with E-state index in [9.17, 15) is 5.11 Å². The first-order valence-electron chi connectivity index (χ1n) is 6.89. The summed E-state index contributed by atoms with van der Waals surface area (Å²) in [6.45, 7) is 9.12. The van der Waals surface area contributed by atoms with Crippen molar-refractivity contribution in [2.45, 2.75) is 46.0 Å². The average molecular weight is 222 g/mol. The summed E-state index contributed by atoms with van der Waals surface area (Å²) in [5.41, 5.74) is 1.36. The van der Waals surface area contributed by atoms with Crippen LogP contribution in [-0.4, -0.2) is 11.7 Å². The minimum atomic E-state index is 0.400. The van der Waals surface area contributed by atoms with Crippen LogP contribution in [-0.2, 0) is 0 Å². The number of aliphatic hydroxyl groups excluding tert-OH is 1.